The van der Waals surface area contributed by atoms with Crippen LogP contribution in [0, 0.1) is 12.3 Å². The number of rotatable bonds is 7. The molecular formula is C19H15ClN4OS. The third-order valence-corrected chi connectivity index (χ3v) is 4.59. The third kappa shape index (κ3) is 4.88. The Morgan fingerprint density at radius 1 is 1.23 bits per heavy atom. The van der Waals surface area contributed by atoms with Crippen LogP contribution in [0.25, 0.3) is 0 Å². The van der Waals surface area contributed by atoms with Gasteiger partial charge in [-0.3, -0.25) is 0 Å². The van der Waals surface area contributed by atoms with Crippen molar-refractivity contribution >= 4 is 29.6 Å². The predicted molar refractivity (Wildman–Crippen MR) is 105 cm³/mol. The lowest BCUT2D eigenvalue weighted by atomic mass is 10.2. The van der Waals surface area contributed by atoms with Crippen LogP contribution in [0.4, 0.5) is 0 Å². The van der Waals surface area contributed by atoms with E-state index in [-0.39, 0.29) is 6.61 Å². The maximum Gasteiger partial charge on any atom is 0.212 e. The minimum absolute atomic E-state index is 0.208. The van der Waals surface area contributed by atoms with Gasteiger partial charge in [0.25, 0.3) is 0 Å². The molecule has 2 aromatic carbocycles. The Hall–Kier alpha value is -2.75. The van der Waals surface area contributed by atoms with Gasteiger partial charge in [-0.25, -0.2) is 0 Å². The van der Waals surface area contributed by atoms with Crippen molar-refractivity contribution in [3.8, 4) is 18.1 Å². The highest BCUT2D eigenvalue weighted by molar-refractivity contribution is 7.98. The number of hydrogen-bond acceptors (Lipinski definition) is 5. The van der Waals surface area contributed by atoms with E-state index in [0.29, 0.717) is 10.9 Å². The number of hydrogen-bond donors (Lipinski definition) is 0. The second kappa shape index (κ2) is 9.09. The van der Waals surface area contributed by atoms with E-state index in [0.717, 1.165) is 21.9 Å². The zero-order valence-electron chi connectivity index (χ0n) is 13.7. The summed E-state index contributed by atoms with van der Waals surface area (Å²) < 4.78 is 7.14. The summed E-state index contributed by atoms with van der Waals surface area (Å²) in [5.41, 5.74) is 1.97. The van der Waals surface area contributed by atoms with Gasteiger partial charge >= 0.3 is 0 Å². The highest BCUT2D eigenvalue weighted by Gasteiger charge is 2.05. The van der Waals surface area contributed by atoms with E-state index in [4.69, 9.17) is 22.8 Å². The lowest BCUT2D eigenvalue weighted by Crippen LogP contribution is -1.98. The fourth-order valence-electron chi connectivity index (χ4n) is 2.08. The molecule has 1 aromatic heterocycles. The van der Waals surface area contributed by atoms with E-state index < -0.39 is 0 Å². The quantitative estimate of drug-likeness (QED) is 0.350. The monoisotopic (exact) mass is 382 g/mol. The second-order valence-corrected chi connectivity index (χ2v) is 6.53. The van der Waals surface area contributed by atoms with Crippen LogP contribution in [0.15, 0.2) is 65.1 Å². The van der Waals surface area contributed by atoms with Crippen molar-refractivity contribution in [2.45, 2.75) is 10.9 Å². The standard InChI is InChI=1S/C19H15ClN4OS/c1-2-11-25-18-6-4-3-5-16(18)12-22-24-14-21-23-19(24)26-13-15-7-9-17(20)10-8-15/h1,3-10,12,14H,11,13H2/b22-12-. The second-order valence-electron chi connectivity index (χ2n) is 5.15. The van der Waals surface area contributed by atoms with Crippen molar-refractivity contribution in [3.63, 3.8) is 0 Å². The molecule has 0 radical (unpaired) electrons. The first-order valence-corrected chi connectivity index (χ1v) is 9.09. The smallest absolute Gasteiger partial charge is 0.212 e. The van der Waals surface area contributed by atoms with Crippen LogP contribution >= 0.6 is 23.4 Å². The maximum atomic E-state index is 5.91. The van der Waals surface area contributed by atoms with Gasteiger partial charge in [-0.2, -0.15) is 9.78 Å². The van der Waals surface area contributed by atoms with Crippen molar-refractivity contribution in [3.05, 3.63) is 71.0 Å². The molecule has 0 atom stereocenters. The fraction of sp³-hybridized carbons (Fsp3) is 0.105. The highest BCUT2D eigenvalue weighted by atomic mass is 35.5. The molecule has 7 heteroatoms. The summed E-state index contributed by atoms with van der Waals surface area (Å²) in [5.74, 6) is 3.88. The van der Waals surface area contributed by atoms with Crippen molar-refractivity contribution in [1.82, 2.24) is 14.9 Å². The van der Waals surface area contributed by atoms with E-state index in [2.05, 4.69) is 21.2 Å². The Bertz CT molecular complexity index is 931. The van der Waals surface area contributed by atoms with Gasteiger partial charge in [-0.15, -0.1) is 16.6 Å². The normalized spacial score (nSPS) is 10.8. The van der Waals surface area contributed by atoms with E-state index >= 15 is 0 Å². The summed E-state index contributed by atoms with van der Waals surface area (Å²) in [6.07, 6.45) is 8.50. The molecule has 0 aliphatic carbocycles. The number of benzene rings is 2. The molecule has 26 heavy (non-hydrogen) atoms. The maximum absolute atomic E-state index is 5.91. The van der Waals surface area contributed by atoms with Crippen LogP contribution < -0.4 is 4.74 Å². The number of aromatic nitrogens is 3. The predicted octanol–water partition coefficient (Wildman–Crippen LogP) is 4.12. The number of para-hydroxylation sites is 1. The molecule has 0 unspecified atom stereocenters. The summed E-state index contributed by atoms with van der Waals surface area (Å²) in [6.45, 7) is 0.208. The largest absolute Gasteiger partial charge is 0.480 e. The zero-order valence-corrected chi connectivity index (χ0v) is 15.3. The molecule has 3 rings (SSSR count). The topological polar surface area (TPSA) is 52.3 Å². The van der Waals surface area contributed by atoms with Gasteiger partial charge in [0.15, 0.2) is 0 Å². The first kappa shape index (κ1) is 18.1. The lowest BCUT2D eigenvalue weighted by Gasteiger charge is -2.05. The summed E-state index contributed by atoms with van der Waals surface area (Å²) in [6, 6.07) is 15.3. The lowest BCUT2D eigenvalue weighted by molar-refractivity contribution is 0.370. The molecule has 0 amide bonds. The zero-order chi connectivity index (χ0) is 18.2. The molecule has 0 saturated carbocycles. The molecule has 5 nitrogen and oxygen atoms in total. The molecule has 3 aromatic rings. The van der Waals surface area contributed by atoms with Gasteiger partial charge in [0.2, 0.25) is 5.16 Å². The number of terminal acetylenes is 1. The van der Waals surface area contributed by atoms with Crippen LogP contribution in [0.1, 0.15) is 11.1 Å². The van der Waals surface area contributed by atoms with Crippen LogP contribution in [0.2, 0.25) is 5.02 Å². The average molecular weight is 383 g/mol. The summed E-state index contributed by atoms with van der Waals surface area (Å²) in [5, 5.41) is 13.9. The molecule has 0 aliphatic heterocycles. The first-order chi connectivity index (χ1) is 12.8. The molecule has 0 saturated heterocycles. The number of thioether (sulfide) groups is 1. The number of halogens is 1. The molecule has 0 fully saturated rings. The Kier molecular flexibility index (Phi) is 6.31. The molecule has 0 N–H and O–H groups in total. The SMILES string of the molecule is C#CCOc1ccccc1/C=N\n1cnnc1SCc1ccc(Cl)cc1. The van der Waals surface area contributed by atoms with Crippen molar-refractivity contribution in [2.75, 3.05) is 6.61 Å². The first-order valence-electron chi connectivity index (χ1n) is 7.73. The minimum Gasteiger partial charge on any atom is -0.480 e. The van der Waals surface area contributed by atoms with E-state index in [1.54, 1.807) is 29.0 Å². The van der Waals surface area contributed by atoms with Crippen LogP contribution in [0.5, 0.6) is 5.75 Å². The molecule has 0 aliphatic rings. The van der Waals surface area contributed by atoms with Gasteiger partial charge in [0, 0.05) is 16.3 Å². The minimum atomic E-state index is 0.208. The fourth-order valence-corrected chi connectivity index (χ4v) is 3.03. The Morgan fingerprint density at radius 3 is 2.85 bits per heavy atom. The highest BCUT2D eigenvalue weighted by Crippen LogP contribution is 2.22. The summed E-state index contributed by atoms with van der Waals surface area (Å²) >= 11 is 7.45. The van der Waals surface area contributed by atoms with E-state index in [1.807, 2.05) is 48.5 Å². The molecule has 0 bridgehead atoms. The van der Waals surface area contributed by atoms with Gasteiger partial charge in [0.1, 0.15) is 18.7 Å². The van der Waals surface area contributed by atoms with Crippen LogP contribution in [-0.4, -0.2) is 27.7 Å². The average Bonchev–Trinajstić information content (AvgIpc) is 3.12. The summed E-state index contributed by atoms with van der Waals surface area (Å²) in [4.78, 5) is 0. The van der Waals surface area contributed by atoms with Crippen molar-refractivity contribution in [1.29, 1.82) is 0 Å². The van der Waals surface area contributed by atoms with Crippen molar-refractivity contribution in [2.24, 2.45) is 5.10 Å². The van der Waals surface area contributed by atoms with Crippen LogP contribution in [0.3, 0.4) is 0 Å². The molecule has 1 heterocycles. The Labute approximate surface area is 161 Å². The summed E-state index contributed by atoms with van der Waals surface area (Å²) in [7, 11) is 0. The van der Waals surface area contributed by atoms with Crippen LogP contribution in [-0.2, 0) is 5.75 Å². The van der Waals surface area contributed by atoms with Gasteiger partial charge in [0.05, 0.1) is 6.21 Å². The Balaban J connectivity index is 1.70. The molecular weight excluding hydrogens is 368 g/mol. The third-order valence-electron chi connectivity index (χ3n) is 3.33. The molecule has 130 valence electrons. The van der Waals surface area contributed by atoms with Gasteiger partial charge < -0.3 is 4.74 Å². The number of nitrogens with zero attached hydrogens (tertiary/aromatic N) is 4. The van der Waals surface area contributed by atoms with E-state index in [1.165, 1.54) is 0 Å². The van der Waals surface area contributed by atoms with E-state index in [9.17, 15) is 0 Å². The van der Waals surface area contributed by atoms with Gasteiger partial charge in [-0.1, -0.05) is 53.5 Å². The van der Waals surface area contributed by atoms with Gasteiger partial charge in [-0.05, 0) is 29.8 Å². The van der Waals surface area contributed by atoms with Crippen molar-refractivity contribution < 1.29 is 4.74 Å². The molecule has 0 spiro atoms. The Morgan fingerprint density at radius 2 is 2.04 bits per heavy atom. The number of ether oxygens (including phenoxy) is 1.